The van der Waals surface area contributed by atoms with E-state index in [2.05, 4.69) is 25.6 Å². The first-order chi connectivity index (χ1) is 14.6. The van der Waals surface area contributed by atoms with Crippen molar-refractivity contribution in [3.63, 3.8) is 0 Å². The highest BCUT2D eigenvalue weighted by Gasteiger charge is 2.15. The summed E-state index contributed by atoms with van der Waals surface area (Å²) < 4.78 is 1.81. The number of amides is 2. The predicted molar refractivity (Wildman–Crippen MR) is 113 cm³/mol. The van der Waals surface area contributed by atoms with Crippen molar-refractivity contribution in [3.8, 4) is 11.1 Å². The number of ketones is 1. The lowest BCUT2D eigenvalue weighted by molar-refractivity contribution is 0.0987. The number of nitrogens with zero attached hydrogens (tertiary/aromatic N) is 4. The summed E-state index contributed by atoms with van der Waals surface area (Å²) in [7, 11) is 0. The topological polar surface area (TPSA) is 101 Å². The van der Waals surface area contributed by atoms with Crippen molar-refractivity contribution in [3.05, 3.63) is 78.6 Å². The van der Waals surface area contributed by atoms with Crippen LogP contribution in [0.1, 0.15) is 23.1 Å². The summed E-state index contributed by atoms with van der Waals surface area (Å²) in [6, 6.07) is 12.5. The van der Waals surface area contributed by atoms with E-state index in [1.165, 1.54) is 0 Å². The van der Waals surface area contributed by atoms with Crippen molar-refractivity contribution in [1.82, 2.24) is 24.7 Å². The third-order valence-corrected chi connectivity index (χ3v) is 4.52. The number of carbonyl (C=O) groups is 2. The number of rotatable bonds is 6. The van der Waals surface area contributed by atoms with Gasteiger partial charge in [0.15, 0.2) is 11.6 Å². The molecule has 2 N–H and O–H groups in total. The van der Waals surface area contributed by atoms with Crippen LogP contribution in [0.4, 0.5) is 10.6 Å². The number of urea groups is 1. The first-order valence-electron chi connectivity index (χ1n) is 9.55. The van der Waals surface area contributed by atoms with Gasteiger partial charge in [0.05, 0.1) is 12.6 Å². The van der Waals surface area contributed by atoms with Crippen molar-refractivity contribution in [1.29, 1.82) is 0 Å². The summed E-state index contributed by atoms with van der Waals surface area (Å²) in [4.78, 5) is 37.5. The predicted octanol–water partition coefficient (Wildman–Crippen LogP) is 3.36. The third kappa shape index (κ3) is 4.17. The minimum atomic E-state index is -0.334. The van der Waals surface area contributed by atoms with E-state index in [1.807, 2.05) is 35.6 Å². The van der Waals surface area contributed by atoms with Crippen molar-refractivity contribution in [2.75, 3.05) is 11.9 Å². The lowest BCUT2D eigenvalue weighted by Gasteiger charge is -2.09. The van der Waals surface area contributed by atoms with Gasteiger partial charge in [-0.1, -0.05) is 12.1 Å². The Morgan fingerprint density at radius 3 is 2.70 bits per heavy atom. The number of hydrogen-bond acceptors (Lipinski definition) is 5. The number of hydrogen-bond donors (Lipinski definition) is 2. The van der Waals surface area contributed by atoms with E-state index in [0.717, 1.165) is 16.8 Å². The molecule has 0 saturated carbocycles. The van der Waals surface area contributed by atoms with Gasteiger partial charge in [0.25, 0.3) is 0 Å². The quantitative estimate of drug-likeness (QED) is 0.483. The summed E-state index contributed by atoms with van der Waals surface area (Å²) in [5, 5.41) is 5.39. The highest BCUT2D eigenvalue weighted by molar-refractivity contribution is 5.96. The Bertz CT molecular complexity index is 1190. The Kier molecular flexibility index (Phi) is 5.47. The van der Waals surface area contributed by atoms with Crippen LogP contribution < -0.4 is 10.6 Å². The minimum absolute atomic E-state index is 0.104. The fourth-order valence-corrected chi connectivity index (χ4v) is 3.16. The van der Waals surface area contributed by atoms with E-state index in [-0.39, 0.29) is 18.2 Å². The first-order valence-corrected chi connectivity index (χ1v) is 9.55. The third-order valence-electron chi connectivity index (χ3n) is 4.52. The molecule has 0 bridgehead atoms. The van der Waals surface area contributed by atoms with Crippen LogP contribution >= 0.6 is 0 Å². The SMILES string of the molecule is CCNC(=O)Nc1cn2c(CC(=O)c3ccccn3)cc(-c3cccnc3)cc2n1. The maximum Gasteiger partial charge on any atom is 0.320 e. The molecule has 30 heavy (non-hydrogen) atoms. The van der Waals surface area contributed by atoms with Crippen LogP contribution in [-0.4, -0.2) is 37.7 Å². The molecule has 0 radical (unpaired) electrons. The van der Waals surface area contributed by atoms with Crippen LogP contribution in [0.3, 0.4) is 0 Å². The van der Waals surface area contributed by atoms with E-state index >= 15 is 0 Å². The van der Waals surface area contributed by atoms with Gasteiger partial charge in [-0.2, -0.15) is 0 Å². The average molecular weight is 400 g/mol. The number of fused-ring (bicyclic) bond motifs is 1. The molecular weight excluding hydrogens is 380 g/mol. The lowest BCUT2D eigenvalue weighted by atomic mass is 10.0. The van der Waals surface area contributed by atoms with Crippen molar-refractivity contribution < 1.29 is 9.59 Å². The van der Waals surface area contributed by atoms with Gasteiger partial charge in [0.1, 0.15) is 11.3 Å². The van der Waals surface area contributed by atoms with Gasteiger partial charge in [-0.25, -0.2) is 9.78 Å². The maximum atomic E-state index is 12.8. The van der Waals surface area contributed by atoms with Crippen LogP contribution in [0.15, 0.2) is 67.3 Å². The van der Waals surface area contributed by atoms with E-state index in [0.29, 0.717) is 23.7 Å². The largest absolute Gasteiger partial charge is 0.338 e. The first kappa shape index (κ1) is 19.3. The smallest absolute Gasteiger partial charge is 0.320 e. The fourth-order valence-electron chi connectivity index (χ4n) is 3.16. The molecule has 0 spiro atoms. The Hall–Kier alpha value is -4.07. The molecule has 4 aromatic heterocycles. The molecule has 4 aromatic rings. The molecule has 0 atom stereocenters. The molecule has 0 unspecified atom stereocenters. The molecule has 4 rings (SSSR count). The van der Waals surface area contributed by atoms with E-state index < -0.39 is 0 Å². The highest BCUT2D eigenvalue weighted by Crippen LogP contribution is 2.24. The van der Waals surface area contributed by atoms with E-state index in [1.54, 1.807) is 43.0 Å². The van der Waals surface area contributed by atoms with Crippen LogP contribution in [0, 0.1) is 0 Å². The summed E-state index contributed by atoms with van der Waals surface area (Å²) in [5.41, 5.74) is 3.55. The number of pyridine rings is 3. The van der Waals surface area contributed by atoms with Gasteiger partial charge in [-0.3, -0.25) is 20.1 Å². The van der Waals surface area contributed by atoms with Gasteiger partial charge in [0, 0.05) is 36.4 Å². The average Bonchev–Trinajstić information content (AvgIpc) is 3.17. The van der Waals surface area contributed by atoms with Gasteiger partial charge in [0.2, 0.25) is 0 Å². The Labute approximate surface area is 173 Å². The Balaban J connectivity index is 1.76. The number of anilines is 1. The molecule has 0 aromatic carbocycles. The molecule has 0 aliphatic heterocycles. The zero-order valence-electron chi connectivity index (χ0n) is 16.4. The molecule has 0 aliphatic rings. The summed E-state index contributed by atoms with van der Waals surface area (Å²) in [5.74, 6) is 0.294. The van der Waals surface area contributed by atoms with Crippen LogP contribution in [0.5, 0.6) is 0 Å². The highest BCUT2D eigenvalue weighted by atomic mass is 16.2. The maximum absolute atomic E-state index is 12.8. The van der Waals surface area contributed by atoms with Crippen LogP contribution in [-0.2, 0) is 6.42 Å². The zero-order chi connectivity index (χ0) is 20.9. The molecule has 0 saturated heterocycles. The van der Waals surface area contributed by atoms with Gasteiger partial charge < -0.3 is 9.72 Å². The standard InChI is InChI=1S/C22H20N6O2/c1-2-24-22(30)27-20-14-28-17(12-19(29)18-7-3-4-9-25-18)10-16(11-21(28)26-20)15-6-5-8-23-13-15/h3-11,13-14H,2,12H2,1H3,(H2,24,27,30). The van der Waals surface area contributed by atoms with Crippen LogP contribution in [0.2, 0.25) is 0 Å². The second kappa shape index (κ2) is 8.52. The summed E-state index contributed by atoms with van der Waals surface area (Å²) >= 11 is 0. The molecule has 2 amide bonds. The molecule has 8 nitrogen and oxygen atoms in total. The molecule has 0 fully saturated rings. The van der Waals surface area contributed by atoms with Crippen molar-refractivity contribution in [2.45, 2.75) is 13.3 Å². The summed E-state index contributed by atoms with van der Waals surface area (Å²) in [6.45, 7) is 2.35. The summed E-state index contributed by atoms with van der Waals surface area (Å²) in [6.07, 6.45) is 6.90. The number of nitrogens with one attached hydrogen (secondary N) is 2. The van der Waals surface area contributed by atoms with E-state index in [4.69, 9.17) is 0 Å². The fraction of sp³-hybridized carbons (Fsp3) is 0.136. The number of carbonyl (C=O) groups excluding carboxylic acids is 2. The lowest BCUT2D eigenvalue weighted by Crippen LogP contribution is -2.28. The second-order valence-electron chi connectivity index (χ2n) is 6.63. The molecule has 8 heteroatoms. The number of Topliss-reactive ketones (excluding diaryl/α,β-unsaturated/α-hetero) is 1. The molecular formula is C22H20N6O2. The number of aromatic nitrogens is 4. The van der Waals surface area contributed by atoms with Gasteiger partial charge >= 0.3 is 6.03 Å². The Morgan fingerprint density at radius 2 is 1.97 bits per heavy atom. The van der Waals surface area contributed by atoms with E-state index in [9.17, 15) is 9.59 Å². The Morgan fingerprint density at radius 1 is 1.07 bits per heavy atom. The zero-order valence-corrected chi connectivity index (χ0v) is 16.4. The molecule has 0 aliphatic carbocycles. The minimum Gasteiger partial charge on any atom is -0.338 e. The van der Waals surface area contributed by atoms with Crippen molar-refractivity contribution in [2.24, 2.45) is 0 Å². The van der Waals surface area contributed by atoms with Gasteiger partial charge in [-0.05, 0) is 42.8 Å². The monoisotopic (exact) mass is 400 g/mol. The number of imidazole rings is 1. The second-order valence-corrected chi connectivity index (χ2v) is 6.63. The van der Waals surface area contributed by atoms with Crippen LogP contribution in [0.25, 0.3) is 16.8 Å². The normalized spacial score (nSPS) is 10.7. The van der Waals surface area contributed by atoms with Gasteiger partial charge in [-0.15, -0.1) is 0 Å². The molecule has 150 valence electrons. The van der Waals surface area contributed by atoms with Crippen molar-refractivity contribution >= 4 is 23.3 Å². The molecule has 4 heterocycles.